The number of carbonyl (C=O) groups excluding carboxylic acids is 1. The van der Waals surface area contributed by atoms with Crippen molar-refractivity contribution in [2.24, 2.45) is 5.92 Å². The smallest absolute Gasteiger partial charge is 0.339 e. The first-order valence-corrected chi connectivity index (χ1v) is 7.81. The number of aryl methyl sites for hydroxylation is 1. The molecule has 2 atom stereocenters. The van der Waals surface area contributed by atoms with Gasteiger partial charge in [0.05, 0.1) is 6.54 Å². The van der Waals surface area contributed by atoms with Gasteiger partial charge in [0.2, 0.25) is 5.91 Å². The van der Waals surface area contributed by atoms with Gasteiger partial charge in [-0.1, -0.05) is 12.1 Å². The molecular weight excluding hydrogens is 332 g/mol. The molecule has 0 saturated heterocycles. The zero-order chi connectivity index (χ0) is 18.3. The molecule has 0 radical (unpaired) electrons. The first-order valence-electron chi connectivity index (χ1n) is 7.81. The molecule has 1 aliphatic carbocycles. The van der Waals surface area contributed by atoms with E-state index >= 15 is 0 Å². The fourth-order valence-electron chi connectivity index (χ4n) is 3.05. The molecule has 25 heavy (non-hydrogen) atoms. The van der Waals surface area contributed by atoms with Crippen LogP contribution in [0.3, 0.4) is 0 Å². The zero-order valence-corrected chi connectivity index (χ0v) is 13.8. The molecule has 3 rings (SSSR count). The second-order valence-corrected chi connectivity index (χ2v) is 6.27. The van der Waals surface area contributed by atoms with E-state index in [4.69, 9.17) is 9.52 Å². The molecule has 1 heterocycles. The normalized spacial score (nSPS) is 18.9. The molecule has 0 aliphatic heterocycles. The van der Waals surface area contributed by atoms with E-state index in [1.807, 2.05) is 0 Å². The first-order chi connectivity index (χ1) is 11.8. The highest BCUT2D eigenvalue weighted by Crippen LogP contribution is 2.49. The molecule has 1 aromatic heterocycles. The minimum atomic E-state index is -1.09. The second-order valence-electron chi connectivity index (χ2n) is 6.27. The van der Waals surface area contributed by atoms with Crippen LogP contribution >= 0.6 is 0 Å². The van der Waals surface area contributed by atoms with Crippen molar-refractivity contribution in [3.63, 3.8) is 0 Å². The lowest BCUT2D eigenvalue weighted by atomic mass is 10.1. The van der Waals surface area contributed by atoms with Crippen molar-refractivity contribution in [3.8, 4) is 0 Å². The monoisotopic (exact) mass is 349 g/mol. The van der Waals surface area contributed by atoms with Gasteiger partial charge in [-0.15, -0.1) is 0 Å². The molecule has 1 aromatic carbocycles. The van der Waals surface area contributed by atoms with E-state index in [9.17, 15) is 18.4 Å². The van der Waals surface area contributed by atoms with Crippen molar-refractivity contribution in [1.82, 2.24) is 4.90 Å². The van der Waals surface area contributed by atoms with Gasteiger partial charge in [-0.3, -0.25) is 4.79 Å². The maximum absolute atomic E-state index is 13.8. The molecule has 1 fully saturated rings. The maximum Gasteiger partial charge on any atom is 0.339 e. The van der Waals surface area contributed by atoms with Crippen molar-refractivity contribution >= 4 is 11.9 Å². The van der Waals surface area contributed by atoms with Gasteiger partial charge in [0.25, 0.3) is 0 Å². The Morgan fingerprint density at radius 2 is 2.08 bits per heavy atom. The summed E-state index contributed by atoms with van der Waals surface area (Å²) in [6.07, 6.45) is 0.459. The second kappa shape index (κ2) is 6.31. The molecule has 1 aliphatic rings. The number of halogens is 2. The average Bonchev–Trinajstić information content (AvgIpc) is 3.25. The van der Waals surface area contributed by atoms with E-state index in [-0.39, 0.29) is 35.3 Å². The molecule has 2 aromatic rings. The van der Waals surface area contributed by atoms with Crippen LogP contribution < -0.4 is 0 Å². The van der Waals surface area contributed by atoms with Crippen LogP contribution in [0.4, 0.5) is 8.78 Å². The summed E-state index contributed by atoms with van der Waals surface area (Å²) in [6, 6.07) is 5.35. The Balaban J connectivity index is 1.67. The van der Waals surface area contributed by atoms with E-state index < -0.39 is 23.5 Å². The highest BCUT2D eigenvalue weighted by atomic mass is 19.2. The number of hydrogen-bond acceptors (Lipinski definition) is 3. The SMILES string of the molecule is Cc1oc(CN(C)C(=O)[C@@H]2C[C@@H]2c2cccc(F)c2F)cc1C(=O)O. The molecule has 1 saturated carbocycles. The number of aromatic carboxylic acids is 1. The fraction of sp³-hybridized carbons (Fsp3) is 0.333. The number of nitrogens with zero attached hydrogens (tertiary/aromatic N) is 1. The van der Waals surface area contributed by atoms with Gasteiger partial charge in [-0.25, -0.2) is 13.6 Å². The van der Waals surface area contributed by atoms with Crippen LogP contribution in [0.25, 0.3) is 0 Å². The van der Waals surface area contributed by atoms with Crippen molar-refractivity contribution in [2.75, 3.05) is 7.05 Å². The summed E-state index contributed by atoms with van der Waals surface area (Å²) < 4.78 is 32.5. The molecule has 0 bridgehead atoms. The van der Waals surface area contributed by atoms with Crippen molar-refractivity contribution < 1.29 is 27.9 Å². The quantitative estimate of drug-likeness (QED) is 0.899. The van der Waals surface area contributed by atoms with Gasteiger partial charge in [-0.2, -0.15) is 0 Å². The molecule has 1 N–H and O–H groups in total. The first kappa shape index (κ1) is 17.1. The topological polar surface area (TPSA) is 70.8 Å². The minimum absolute atomic E-state index is 0.0574. The predicted octanol–water partition coefficient (Wildman–Crippen LogP) is 3.33. The Bertz CT molecular complexity index is 846. The summed E-state index contributed by atoms with van der Waals surface area (Å²) in [5, 5.41) is 9.02. The van der Waals surface area contributed by atoms with Gasteiger partial charge >= 0.3 is 5.97 Å². The molecule has 7 heteroatoms. The van der Waals surface area contributed by atoms with Crippen LogP contribution in [-0.4, -0.2) is 28.9 Å². The Morgan fingerprint density at radius 3 is 2.72 bits per heavy atom. The van der Waals surface area contributed by atoms with Gasteiger partial charge in [0.1, 0.15) is 17.1 Å². The highest BCUT2D eigenvalue weighted by Gasteiger charge is 2.46. The number of furan rings is 1. The summed E-state index contributed by atoms with van der Waals surface area (Å²) in [5.41, 5.74) is 0.274. The van der Waals surface area contributed by atoms with Gasteiger partial charge in [0, 0.05) is 13.0 Å². The fourth-order valence-corrected chi connectivity index (χ4v) is 3.05. The van der Waals surface area contributed by atoms with E-state index in [1.165, 1.54) is 23.1 Å². The van der Waals surface area contributed by atoms with Crippen molar-refractivity contribution in [3.05, 3.63) is 58.5 Å². The number of hydrogen-bond donors (Lipinski definition) is 1. The molecule has 0 spiro atoms. The molecule has 0 unspecified atom stereocenters. The largest absolute Gasteiger partial charge is 0.478 e. The van der Waals surface area contributed by atoms with E-state index in [0.29, 0.717) is 12.2 Å². The van der Waals surface area contributed by atoms with Gasteiger partial charge < -0.3 is 14.4 Å². The third-order valence-electron chi connectivity index (χ3n) is 4.46. The summed E-state index contributed by atoms with van der Waals surface area (Å²) >= 11 is 0. The van der Waals surface area contributed by atoms with Crippen LogP contribution in [0, 0.1) is 24.5 Å². The van der Waals surface area contributed by atoms with Gasteiger partial charge in [-0.05, 0) is 37.0 Å². The maximum atomic E-state index is 13.8. The summed E-state index contributed by atoms with van der Waals surface area (Å²) in [7, 11) is 1.57. The highest BCUT2D eigenvalue weighted by molar-refractivity contribution is 5.89. The molecule has 132 valence electrons. The number of rotatable bonds is 5. The number of carboxylic acids is 1. The number of amides is 1. The lowest BCUT2D eigenvalue weighted by molar-refractivity contribution is -0.132. The summed E-state index contributed by atoms with van der Waals surface area (Å²) in [5.74, 6) is -3.23. The number of carboxylic acid groups (broad SMARTS) is 1. The van der Waals surface area contributed by atoms with Crippen LogP contribution in [0.2, 0.25) is 0 Å². The van der Waals surface area contributed by atoms with Crippen molar-refractivity contribution in [1.29, 1.82) is 0 Å². The zero-order valence-electron chi connectivity index (χ0n) is 13.8. The summed E-state index contributed by atoms with van der Waals surface area (Å²) in [6.45, 7) is 1.65. The standard InChI is InChI=1S/C18H17F2NO4/c1-9-12(18(23)24)6-10(25-9)8-21(2)17(22)14-7-13(14)11-4-3-5-15(19)16(11)20/h3-6,13-14H,7-8H2,1-2H3,(H,23,24)/t13-,14-/m1/s1. The molecular formula is C18H17F2NO4. The Labute approximate surface area is 142 Å². The van der Waals surface area contributed by atoms with Crippen LogP contribution in [0.1, 0.15) is 39.8 Å². The molecule has 1 amide bonds. The van der Waals surface area contributed by atoms with E-state index in [1.54, 1.807) is 14.0 Å². The third kappa shape index (κ3) is 3.26. The van der Waals surface area contributed by atoms with E-state index in [2.05, 4.69) is 0 Å². The summed E-state index contributed by atoms with van der Waals surface area (Å²) in [4.78, 5) is 24.9. The van der Waals surface area contributed by atoms with Crippen molar-refractivity contribution in [2.45, 2.75) is 25.8 Å². The van der Waals surface area contributed by atoms with Crippen LogP contribution in [-0.2, 0) is 11.3 Å². The van der Waals surface area contributed by atoms with Crippen LogP contribution in [0.15, 0.2) is 28.7 Å². The Hall–Kier alpha value is -2.70. The average molecular weight is 349 g/mol. The Morgan fingerprint density at radius 1 is 1.36 bits per heavy atom. The lowest BCUT2D eigenvalue weighted by Gasteiger charge is -2.16. The van der Waals surface area contributed by atoms with Crippen LogP contribution in [0.5, 0.6) is 0 Å². The molecule has 5 nitrogen and oxygen atoms in total. The predicted molar refractivity (Wildman–Crippen MR) is 84.1 cm³/mol. The lowest BCUT2D eigenvalue weighted by Crippen LogP contribution is -2.28. The minimum Gasteiger partial charge on any atom is -0.478 e. The number of carbonyl (C=O) groups is 2. The number of benzene rings is 1. The van der Waals surface area contributed by atoms with E-state index in [0.717, 1.165) is 6.07 Å². The third-order valence-corrected chi connectivity index (χ3v) is 4.46. The van der Waals surface area contributed by atoms with Gasteiger partial charge in [0.15, 0.2) is 11.6 Å². The Kier molecular flexibility index (Phi) is 4.32.